The van der Waals surface area contributed by atoms with Crippen molar-refractivity contribution in [1.82, 2.24) is 0 Å². The summed E-state index contributed by atoms with van der Waals surface area (Å²) < 4.78 is 45.1. The third kappa shape index (κ3) is 5.45. The number of phenols is 1. The van der Waals surface area contributed by atoms with Gasteiger partial charge < -0.3 is 20.1 Å². The molecular formula is C20H21F3O6. The minimum atomic E-state index is -4.85. The first-order valence-electron chi connectivity index (χ1n) is 8.77. The van der Waals surface area contributed by atoms with E-state index in [4.69, 9.17) is 4.74 Å². The number of cyclic esters (lactones) is 1. The number of phenolic OH excluding ortho intramolecular Hbond substituents is 1. The maximum atomic E-state index is 13.4. The molecule has 1 aliphatic rings. The number of halogens is 3. The molecule has 0 saturated heterocycles. The topological polar surface area (TPSA) is 104 Å². The number of hydrogen-bond donors (Lipinski definition) is 3. The van der Waals surface area contributed by atoms with Crippen molar-refractivity contribution < 1.29 is 42.8 Å². The molecule has 1 aromatic carbocycles. The van der Waals surface area contributed by atoms with Crippen LogP contribution in [-0.4, -0.2) is 51.6 Å². The van der Waals surface area contributed by atoms with E-state index in [1.807, 2.05) is 0 Å². The summed E-state index contributed by atoms with van der Waals surface area (Å²) in [7, 11) is 0. The molecule has 0 amide bonds. The molecule has 4 unspecified atom stereocenters. The van der Waals surface area contributed by atoms with E-state index in [2.05, 4.69) is 0 Å². The molecule has 0 aromatic heterocycles. The first-order chi connectivity index (χ1) is 13.4. The number of aliphatic hydroxyl groups excluding tert-OH is 2. The van der Waals surface area contributed by atoms with Gasteiger partial charge in [-0.2, -0.15) is 13.2 Å². The van der Waals surface area contributed by atoms with Crippen molar-refractivity contribution in [3.8, 4) is 5.75 Å². The van der Waals surface area contributed by atoms with Gasteiger partial charge in [0.15, 0.2) is 5.78 Å². The van der Waals surface area contributed by atoms with Crippen molar-refractivity contribution in [2.75, 3.05) is 0 Å². The number of rotatable bonds is 0. The monoisotopic (exact) mass is 414 g/mol. The molecule has 1 aromatic rings. The summed E-state index contributed by atoms with van der Waals surface area (Å²) >= 11 is 0. The molecule has 6 nitrogen and oxygen atoms in total. The third-order valence-corrected chi connectivity index (χ3v) is 4.47. The molecule has 1 aliphatic heterocycles. The summed E-state index contributed by atoms with van der Waals surface area (Å²) in [6.07, 6.45) is -6.58. The summed E-state index contributed by atoms with van der Waals surface area (Å²) in [5.74, 6) is -5.08. The number of carbonyl (C=O) groups excluding carboxylic acids is 2. The molecule has 2 rings (SSSR count). The van der Waals surface area contributed by atoms with Gasteiger partial charge in [0.05, 0.1) is 6.10 Å². The Labute approximate surface area is 164 Å². The van der Waals surface area contributed by atoms with Crippen molar-refractivity contribution in [1.29, 1.82) is 0 Å². The highest BCUT2D eigenvalue weighted by Gasteiger charge is 2.43. The molecule has 1 heterocycles. The Bertz CT molecular complexity index is 843. The maximum absolute atomic E-state index is 13.4. The van der Waals surface area contributed by atoms with E-state index in [1.165, 1.54) is 24.3 Å². The zero-order valence-corrected chi connectivity index (χ0v) is 15.7. The normalized spacial score (nSPS) is 28.8. The zero-order valence-electron chi connectivity index (χ0n) is 15.7. The van der Waals surface area contributed by atoms with E-state index < -0.39 is 47.9 Å². The number of carbonyl (C=O) groups is 2. The summed E-state index contributed by atoms with van der Waals surface area (Å²) in [6, 6.07) is 2.76. The number of aromatic hydroxyl groups is 1. The van der Waals surface area contributed by atoms with E-state index in [-0.39, 0.29) is 17.5 Å². The standard InChI is InChI=1S/C20H21F3O6/c1-10-8-12-4-3-5-14(24)18(27)15(25)7-6-13(20(21,22)23)11(2)29-19(28)17(12)16(26)9-10/h3-4,6-9,11,13-14,18,24,26-27H,5H2,1-2H3/b4-3+,7-6-. The molecule has 29 heavy (non-hydrogen) atoms. The number of benzene rings is 1. The number of aliphatic hydroxyl groups is 2. The van der Waals surface area contributed by atoms with Crippen LogP contribution in [0, 0.1) is 12.8 Å². The average Bonchev–Trinajstić information content (AvgIpc) is 2.58. The second-order valence-electron chi connectivity index (χ2n) is 6.84. The fourth-order valence-corrected chi connectivity index (χ4v) is 2.93. The van der Waals surface area contributed by atoms with Crippen LogP contribution in [0.2, 0.25) is 0 Å². The molecule has 0 bridgehead atoms. The fraction of sp³-hybridized carbons (Fsp3) is 0.400. The lowest BCUT2D eigenvalue weighted by Crippen LogP contribution is -2.36. The number of esters is 1. The number of aryl methyl sites for hydroxylation is 1. The van der Waals surface area contributed by atoms with E-state index in [9.17, 15) is 38.1 Å². The van der Waals surface area contributed by atoms with Gasteiger partial charge in [0.1, 0.15) is 29.4 Å². The van der Waals surface area contributed by atoms with Crippen LogP contribution in [0.4, 0.5) is 13.2 Å². The van der Waals surface area contributed by atoms with Crippen LogP contribution >= 0.6 is 0 Å². The Kier molecular flexibility index (Phi) is 6.86. The predicted molar refractivity (Wildman–Crippen MR) is 97.1 cm³/mol. The van der Waals surface area contributed by atoms with Crippen LogP contribution in [0.3, 0.4) is 0 Å². The van der Waals surface area contributed by atoms with Crippen molar-refractivity contribution in [2.24, 2.45) is 5.92 Å². The Morgan fingerprint density at radius 1 is 1.14 bits per heavy atom. The molecule has 0 aliphatic carbocycles. The SMILES string of the molecule is Cc1cc(O)c2c(c1)/C=C/CC(O)C(O)C(=O)/C=C\C(C(F)(F)F)C(C)OC2=O. The summed E-state index contributed by atoms with van der Waals surface area (Å²) in [6.45, 7) is 2.64. The van der Waals surface area contributed by atoms with Crippen LogP contribution in [0.5, 0.6) is 5.75 Å². The quantitative estimate of drug-likeness (QED) is 0.564. The number of fused-ring (bicyclic) bond motifs is 1. The Balaban J connectivity index is 2.57. The molecule has 0 spiro atoms. The van der Waals surface area contributed by atoms with Gasteiger partial charge in [-0.15, -0.1) is 0 Å². The lowest BCUT2D eigenvalue weighted by molar-refractivity contribution is -0.182. The molecule has 158 valence electrons. The Morgan fingerprint density at radius 2 is 1.79 bits per heavy atom. The van der Waals surface area contributed by atoms with Gasteiger partial charge in [-0.1, -0.05) is 24.3 Å². The predicted octanol–water partition coefficient (Wildman–Crippen LogP) is 2.69. The minimum absolute atomic E-state index is 0.156. The van der Waals surface area contributed by atoms with Gasteiger partial charge >= 0.3 is 12.1 Å². The van der Waals surface area contributed by atoms with Gasteiger partial charge in [-0.3, -0.25) is 4.79 Å². The highest BCUT2D eigenvalue weighted by molar-refractivity contribution is 5.97. The lowest BCUT2D eigenvalue weighted by atomic mass is 9.97. The Morgan fingerprint density at radius 3 is 2.41 bits per heavy atom. The van der Waals surface area contributed by atoms with Gasteiger partial charge in [-0.05, 0) is 43.5 Å². The van der Waals surface area contributed by atoms with Crippen molar-refractivity contribution in [3.63, 3.8) is 0 Å². The van der Waals surface area contributed by atoms with Crippen LogP contribution in [0.15, 0.2) is 30.4 Å². The number of ketones is 1. The van der Waals surface area contributed by atoms with Crippen molar-refractivity contribution >= 4 is 17.8 Å². The highest BCUT2D eigenvalue weighted by Crippen LogP contribution is 2.33. The van der Waals surface area contributed by atoms with Gasteiger partial charge in [0.25, 0.3) is 0 Å². The molecule has 9 heteroatoms. The van der Waals surface area contributed by atoms with Crippen LogP contribution in [0.1, 0.15) is 34.8 Å². The first kappa shape index (κ1) is 22.6. The number of ether oxygens (including phenoxy) is 1. The summed E-state index contributed by atoms with van der Waals surface area (Å²) in [5.41, 5.74) is 0.399. The molecule has 0 saturated carbocycles. The molecule has 4 atom stereocenters. The molecular weight excluding hydrogens is 393 g/mol. The summed E-state index contributed by atoms with van der Waals surface area (Å²) in [5, 5.41) is 29.9. The fourth-order valence-electron chi connectivity index (χ4n) is 2.93. The molecule has 0 fully saturated rings. The largest absolute Gasteiger partial charge is 0.507 e. The second-order valence-corrected chi connectivity index (χ2v) is 6.84. The van der Waals surface area contributed by atoms with Gasteiger partial charge in [-0.25, -0.2) is 4.79 Å². The van der Waals surface area contributed by atoms with E-state index in [1.54, 1.807) is 6.92 Å². The smallest absolute Gasteiger partial charge is 0.398 e. The van der Waals surface area contributed by atoms with Gasteiger partial charge in [0, 0.05) is 0 Å². The number of alkyl halides is 3. The molecule has 3 N–H and O–H groups in total. The van der Waals surface area contributed by atoms with Crippen LogP contribution in [-0.2, 0) is 9.53 Å². The second kappa shape index (κ2) is 8.79. The average molecular weight is 414 g/mol. The first-order valence-corrected chi connectivity index (χ1v) is 8.77. The summed E-state index contributed by atoms with van der Waals surface area (Å²) in [4.78, 5) is 24.4. The van der Waals surface area contributed by atoms with E-state index >= 15 is 0 Å². The van der Waals surface area contributed by atoms with Gasteiger partial charge in [0.2, 0.25) is 0 Å². The minimum Gasteiger partial charge on any atom is -0.507 e. The zero-order chi connectivity index (χ0) is 21.9. The van der Waals surface area contributed by atoms with E-state index in [0.717, 1.165) is 6.92 Å². The third-order valence-electron chi connectivity index (χ3n) is 4.47. The molecule has 0 radical (unpaired) electrons. The number of hydrogen-bond acceptors (Lipinski definition) is 6. The van der Waals surface area contributed by atoms with Crippen LogP contribution in [0.25, 0.3) is 6.08 Å². The maximum Gasteiger partial charge on any atom is 0.398 e. The van der Waals surface area contributed by atoms with E-state index in [0.29, 0.717) is 17.7 Å². The lowest BCUT2D eigenvalue weighted by Gasteiger charge is -2.24. The van der Waals surface area contributed by atoms with Crippen molar-refractivity contribution in [2.45, 2.75) is 44.8 Å². The highest BCUT2D eigenvalue weighted by atomic mass is 19.4. The van der Waals surface area contributed by atoms with Crippen molar-refractivity contribution in [3.05, 3.63) is 47.1 Å². The van der Waals surface area contributed by atoms with Crippen LogP contribution < -0.4 is 0 Å². The Hall–Kier alpha value is -2.65.